The number of aliphatic hydroxyl groups is 1. The first kappa shape index (κ1) is 29.9. The largest absolute Gasteiger partial charge is 0.453 e. The summed E-state index contributed by atoms with van der Waals surface area (Å²) in [5.74, 6) is -3.90. The third-order valence-electron chi connectivity index (χ3n) is 5.85. The van der Waals surface area contributed by atoms with E-state index in [9.17, 15) is 24.0 Å². The van der Waals surface area contributed by atoms with Crippen molar-refractivity contribution in [2.24, 2.45) is 11.8 Å². The fourth-order valence-corrected chi connectivity index (χ4v) is 3.94. The van der Waals surface area contributed by atoms with Gasteiger partial charge in [0.1, 0.15) is 6.61 Å². The minimum atomic E-state index is -1.55. The van der Waals surface area contributed by atoms with Crippen molar-refractivity contribution in [2.45, 2.75) is 52.2 Å². The van der Waals surface area contributed by atoms with Crippen LogP contribution in [0.2, 0.25) is 0 Å². The van der Waals surface area contributed by atoms with Crippen molar-refractivity contribution in [1.29, 1.82) is 0 Å². The normalized spacial score (nSPS) is 17.1. The van der Waals surface area contributed by atoms with E-state index in [0.29, 0.717) is 12.0 Å². The van der Waals surface area contributed by atoms with Gasteiger partial charge in [0, 0.05) is 20.0 Å². The lowest BCUT2D eigenvalue weighted by Crippen LogP contribution is -2.50. The van der Waals surface area contributed by atoms with Gasteiger partial charge in [-0.3, -0.25) is 19.2 Å². The first-order valence-electron chi connectivity index (χ1n) is 12.3. The van der Waals surface area contributed by atoms with Gasteiger partial charge in [-0.05, 0) is 36.5 Å². The molecule has 1 heterocycles. The molecule has 0 saturated carbocycles. The molecule has 1 aromatic rings. The number of benzene rings is 1. The van der Waals surface area contributed by atoms with E-state index in [0.717, 1.165) is 24.0 Å². The summed E-state index contributed by atoms with van der Waals surface area (Å²) in [6, 6.07) is 8.32. The standard InChI is InChI=1S/C27H35NO9/c1-18(2)23-17-36-27(34)28(23)26(33)22(16-20-8-5-4-6-9-20)25(37-19(3)30)24(32)12-11-21(31)10-7-14-35-15-13-29/h4-6,8-9,11-12,18,22-23,25,29H,7,10,13-17H2,1-3H3/t22-,23+,25-/m0/s1. The molecule has 0 radical (unpaired) electrons. The molecule has 1 fully saturated rings. The molecule has 2 rings (SSSR count). The Kier molecular flexibility index (Phi) is 12.1. The third-order valence-corrected chi connectivity index (χ3v) is 5.85. The number of hydrogen-bond donors (Lipinski definition) is 1. The van der Waals surface area contributed by atoms with E-state index in [1.165, 1.54) is 0 Å². The minimum Gasteiger partial charge on any atom is -0.453 e. The van der Waals surface area contributed by atoms with Gasteiger partial charge in [-0.2, -0.15) is 0 Å². The predicted molar refractivity (Wildman–Crippen MR) is 132 cm³/mol. The van der Waals surface area contributed by atoms with E-state index < -0.39 is 41.8 Å². The van der Waals surface area contributed by atoms with Crippen LogP contribution in [-0.4, -0.2) is 78.1 Å². The van der Waals surface area contributed by atoms with Gasteiger partial charge in [0.15, 0.2) is 17.7 Å². The smallest absolute Gasteiger partial charge is 0.416 e. The molecular weight excluding hydrogens is 482 g/mol. The fourth-order valence-electron chi connectivity index (χ4n) is 3.94. The van der Waals surface area contributed by atoms with Gasteiger partial charge in [-0.25, -0.2) is 9.69 Å². The number of esters is 1. The molecule has 1 aromatic carbocycles. The molecule has 0 aromatic heterocycles. The molecule has 0 bridgehead atoms. The zero-order valence-corrected chi connectivity index (χ0v) is 21.5. The Balaban J connectivity index is 2.30. The summed E-state index contributed by atoms with van der Waals surface area (Å²) in [4.78, 5) is 64.6. The molecule has 10 nitrogen and oxygen atoms in total. The highest BCUT2D eigenvalue weighted by atomic mass is 16.6. The fraction of sp³-hybridized carbons (Fsp3) is 0.519. The number of ether oxygens (including phenoxy) is 3. The molecule has 0 unspecified atom stereocenters. The summed E-state index contributed by atoms with van der Waals surface area (Å²) >= 11 is 0. The SMILES string of the molecule is CC(=O)O[C@H](C(=O)C=CC(=O)CCCOCCO)[C@H](Cc1ccccc1)C(=O)N1C(=O)OC[C@@H]1C(C)C. The van der Waals surface area contributed by atoms with Gasteiger partial charge in [0.25, 0.3) is 0 Å². The van der Waals surface area contributed by atoms with Crippen LogP contribution in [0, 0.1) is 11.8 Å². The molecule has 3 atom stereocenters. The molecular formula is C27H35NO9. The molecule has 10 heteroatoms. The van der Waals surface area contributed by atoms with Gasteiger partial charge >= 0.3 is 12.1 Å². The Morgan fingerprint density at radius 2 is 1.84 bits per heavy atom. The zero-order valence-electron chi connectivity index (χ0n) is 21.5. The molecule has 2 amide bonds. The second-order valence-electron chi connectivity index (χ2n) is 9.06. The van der Waals surface area contributed by atoms with E-state index in [-0.39, 0.29) is 51.0 Å². The lowest BCUT2D eigenvalue weighted by atomic mass is 9.89. The van der Waals surface area contributed by atoms with Crippen molar-refractivity contribution in [3.8, 4) is 0 Å². The maximum absolute atomic E-state index is 13.7. The van der Waals surface area contributed by atoms with Crippen LogP contribution in [0.5, 0.6) is 0 Å². The van der Waals surface area contributed by atoms with E-state index in [2.05, 4.69) is 0 Å². The molecule has 0 spiro atoms. The van der Waals surface area contributed by atoms with E-state index in [1.807, 2.05) is 13.8 Å². The molecule has 1 N–H and O–H groups in total. The van der Waals surface area contributed by atoms with Crippen LogP contribution in [0.4, 0.5) is 4.79 Å². The molecule has 202 valence electrons. The summed E-state index contributed by atoms with van der Waals surface area (Å²) in [5.41, 5.74) is 0.697. The highest BCUT2D eigenvalue weighted by molar-refractivity contribution is 6.04. The van der Waals surface area contributed by atoms with Crippen molar-refractivity contribution >= 4 is 29.5 Å². The van der Waals surface area contributed by atoms with Crippen molar-refractivity contribution in [2.75, 3.05) is 26.4 Å². The number of rotatable bonds is 15. The molecule has 1 saturated heterocycles. The number of carbonyl (C=O) groups is 5. The second kappa shape index (κ2) is 15.0. The number of imide groups is 1. The highest BCUT2D eigenvalue weighted by Crippen LogP contribution is 2.27. The average Bonchev–Trinajstić information content (AvgIpc) is 3.26. The number of hydrogen-bond acceptors (Lipinski definition) is 9. The Hall–Kier alpha value is -3.37. The summed E-state index contributed by atoms with van der Waals surface area (Å²) in [7, 11) is 0. The van der Waals surface area contributed by atoms with E-state index in [4.69, 9.17) is 19.3 Å². The summed E-state index contributed by atoms with van der Waals surface area (Å²) in [6.07, 6.45) is 0.229. The third kappa shape index (κ3) is 9.22. The van der Waals surface area contributed by atoms with Crippen LogP contribution in [0.1, 0.15) is 39.2 Å². The Bertz CT molecular complexity index is 973. The average molecular weight is 518 g/mol. The lowest BCUT2D eigenvalue weighted by Gasteiger charge is -2.30. The van der Waals surface area contributed by atoms with Crippen molar-refractivity contribution < 1.29 is 43.3 Å². The van der Waals surface area contributed by atoms with Gasteiger partial charge in [0.2, 0.25) is 5.91 Å². The molecule has 0 aliphatic carbocycles. The maximum Gasteiger partial charge on any atom is 0.416 e. The van der Waals surface area contributed by atoms with Gasteiger partial charge in [-0.1, -0.05) is 44.2 Å². The highest BCUT2D eigenvalue weighted by Gasteiger charge is 2.46. The van der Waals surface area contributed by atoms with E-state index >= 15 is 0 Å². The lowest BCUT2D eigenvalue weighted by molar-refractivity contribution is -0.159. The van der Waals surface area contributed by atoms with Gasteiger partial charge < -0.3 is 19.3 Å². The summed E-state index contributed by atoms with van der Waals surface area (Å²) < 4.78 is 15.5. The molecule has 1 aliphatic rings. The Morgan fingerprint density at radius 1 is 1.14 bits per heavy atom. The number of carbonyl (C=O) groups excluding carboxylic acids is 5. The van der Waals surface area contributed by atoms with Crippen LogP contribution in [0.25, 0.3) is 0 Å². The van der Waals surface area contributed by atoms with Gasteiger partial charge in [0.05, 0.1) is 25.2 Å². The molecule has 1 aliphatic heterocycles. The number of nitrogens with zero attached hydrogens (tertiary/aromatic N) is 1. The topological polar surface area (TPSA) is 137 Å². The van der Waals surface area contributed by atoms with Crippen LogP contribution in [-0.2, 0) is 39.8 Å². The van der Waals surface area contributed by atoms with Crippen LogP contribution in [0.15, 0.2) is 42.5 Å². The summed E-state index contributed by atoms with van der Waals surface area (Å²) in [6.45, 7) is 5.17. The Morgan fingerprint density at radius 3 is 2.46 bits per heavy atom. The predicted octanol–water partition coefficient (Wildman–Crippen LogP) is 2.26. The Labute approximate surface area is 216 Å². The number of ketones is 2. The van der Waals surface area contributed by atoms with Gasteiger partial charge in [-0.15, -0.1) is 0 Å². The second-order valence-corrected chi connectivity index (χ2v) is 9.06. The molecule has 37 heavy (non-hydrogen) atoms. The first-order valence-corrected chi connectivity index (χ1v) is 12.3. The van der Waals surface area contributed by atoms with Crippen molar-refractivity contribution in [3.05, 3.63) is 48.0 Å². The monoisotopic (exact) mass is 517 g/mol. The van der Waals surface area contributed by atoms with E-state index in [1.54, 1.807) is 30.3 Å². The number of amides is 2. The number of cyclic esters (lactones) is 1. The van der Waals surface area contributed by atoms with Crippen molar-refractivity contribution in [3.63, 3.8) is 0 Å². The van der Waals surface area contributed by atoms with Crippen LogP contribution >= 0.6 is 0 Å². The number of allylic oxidation sites excluding steroid dienone is 1. The summed E-state index contributed by atoms with van der Waals surface area (Å²) in [5, 5.41) is 8.71. The van der Waals surface area contributed by atoms with Crippen molar-refractivity contribution in [1.82, 2.24) is 4.90 Å². The minimum absolute atomic E-state index is 0.0158. The maximum atomic E-state index is 13.7. The first-order chi connectivity index (χ1) is 17.6. The van der Waals surface area contributed by atoms with Crippen LogP contribution in [0.3, 0.4) is 0 Å². The number of aliphatic hydroxyl groups excluding tert-OH is 1. The quantitative estimate of drug-likeness (QED) is 0.211. The van der Waals surface area contributed by atoms with Crippen LogP contribution < -0.4 is 0 Å². The zero-order chi connectivity index (χ0) is 27.4.